The van der Waals surface area contributed by atoms with E-state index in [0.29, 0.717) is 27.7 Å². The maximum absolute atomic E-state index is 13.2. The van der Waals surface area contributed by atoms with Crippen molar-refractivity contribution in [1.29, 1.82) is 0 Å². The van der Waals surface area contributed by atoms with E-state index in [4.69, 9.17) is 25.8 Å². The molecule has 4 rings (SSSR count). The second-order valence-electron chi connectivity index (χ2n) is 7.01. The number of anilines is 1. The molecule has 0 radical (unpaired) electrons. The molecule has 0 aliphatic rings. The molecular formula is C22H21ClN4O5S. The number of imidazole rings is 1. The fraction of sp³-hybridized carbons (Fsp3) is 0.182. The summed E-state index contributed by atoms with van der Waals surface area (Å²) >= 11 is 6.13. The second-order valence-corrected chi connectivity index (χ2v) is 9.07. The van der Waals surface area contributed by atoms with E-state index in [9.17, 15) is 8.42 Å². The molecule has 0 saturated heterocycles. The Kier molecular flexibility index (Phi) is 6.30. The van der Waals surface area contributed by atoms with Crippen LogP contribution in [0.3, 0.4) is 0 Å². The molecule has 0 spiro atoms. The summed E-state index contributed by atoms with van der Waals surface area (Å²) in [4.78, 5) is 8.50. The first-order chi connectivity index (χ1) is 15.8. The average molecular weight is 489 g/mol. The molecule has 172 valence electrons. The van der Waals surface area contributed by atoms with E-state index in [-0.39, 0.29) is 23.2 Å². The molecule has 2 aromatic carbocycles. The summed E-state index contributed by atoms with van der Waals surface area (Å²) in [6.45, 7) is 1.75. The number of rotatable bonds is 8. The molecule has 33 heavy (non-hydrogen) atoms. The lowest BCUT2D eigenvalue weighted by atomic mass is 10.2. The minimum Gasteiger partial charge on any atom is -0.493 e. The zero-order valence-electron chi connectivity index (χ0n) is 18.1. The average Bonchev–Trinajstić information content (AvgIpc) is 3.29. The molecule has 0 bridgehead atoms. The molecule has 2 aromatic heterocycles. The Morgan fingerprint density at radius 2 is 1.88 bits per heavy atom. The first-order valence-corrected chi connectivity index (χ1v) is 11.6. The standard InChI is InChI=1S/C22H21ClN4O5S/c1-14-16(23)5-4-6-19(14)33(28,29)26-21-22(25-12-20-24-9-10-27(20)21)32-13-15-7-8-17(30-2)18(11-15)31-3/h4-12,26H,13H2,1-3H3. The number of aromatic nitrogens is 3. The van der Waals surface area contributed by atoms with E-state index >= 15 is 0 Å². The molecule has 0 saturated carbocycles. The van der Waals surface area contributed by atoms with Gasteiger partial charge in [-0.25, -0.2) is 18.4 Å². The van der Waals surface area contributed by atoms with Crippen molar-refractivity contribution in [2.45, 2.75) is 18.4 Å². The van der Waals surface area contributed by atoms with Crippen molar-refractivity contribution in [3.63, 3.8) is 0 Å². The smallest absolute Gasteiger partial charge is 0.263 e. The fourth-order valence-electron chi connectivity index (χ4n) is 3.26. The van der Waals surface area contributed by atoms with Crippen LogP contribution in [0.5, 0.6) is 17.4 Å². The van der Waals surface area contributed by atoms with Crippen molar-refractivity contribution in [2.75, 3.05) is 18.9 Å². The number of hydrogen-bond acceptors (Lipinski definition) is 7. The van der Waals surface area contributed by atoms with Crippen LogP contribution < -0.4 is 18.9 Å². The van der Waals surface area contributed by atoms with Gasteiger partial charge in [-0.2, -0.15) is 0 Å². The molecule has 0 aliphatic heterocycles. The van der Waals surface area contributed by atoms with Crippen molar-refractivity contribution >= 4 is 33.1 Å². The van der Waals surface area contributed by atoms with Crippen molar-refractivity contribution in [2.24, 2.45) is 0 Å². The van der Waals surface area contributed by atoms with Gasteiger partial charge in [0.25, 0.3) is 15.9 Å². The molecule has 1 N–H and O–H groups in total. The summed E-state index contributed by atoms with van der Waals surface area (Å²) in [5.74, 6) is 1.34. The van der Waals surface area contributed by atoms with Crippen LogP contribution in [0.25, 0.3) is 5.65 Å². The normalized spacial score (nSPS) is 11.4. The highest BCUT2D eigenvalue weighted by molar-refractivity contribution is 7.92. The van der Waals surface area contributed by atoms with E-state index in [1.54, 1.807) is 56.0 Å². The van der Waals surface area contributed by atoms with Gasteiger partial charge in [0.2, 0.25) is 0 Å². The number of ether oxygens (including phenoxy) is 3. The van der Waals surface area contributed by atoms with Crippen molar-refractivity contribution in [3.8, 4) is 17.4 Å². The van der Waals surface area contributed by atoms with E-state index in [1.165, 1.54) is 18.5 Å². The van der Waals surface area contributed by atoms with Gasteiger partial charge in [-0.1, -0.05) is 23.7 Å². The Balaban J connectivity index is 1.69. The third-order valence-electron chi connectivity index (χ3n) is 4.97. The van der Waals surface area contributed by atoms with Gasteiger partial charge in [-0.05, 0) is 42.3 Å². The molecular weight excluding hydrogens is 468 g/mol. The third kappa shape index (κ3) is 4.53. The summed E-state index contributed by atoms with van der Waals surface area (Å²) in [6.07, 6.45) is 4.65. The number of nitrogens with one attached hydrogen (secondary N) is 1. The first kappa shape index (κ1) is 22.7. The van der Waals surface area contributed by atoms with Gasteiger partial charge in [0.15, 0.2) is 23.0 Å². The topological polar surface area (TPSA) is 104 Å². The van der Waals surface area contributed by atoms with Gasteiger partial charge in [-0.15, -0.1) is 0 Å². The number of sulfonamides is 1. The molecule has 0 atom stereocenters. The summed E-state index contributed by atoms with van der Waals surface area (Å²) < 4.78 is 47.0. The van der Waals surface area contributed by atoms with Crippen molar-refractivity contribution in [3.05, 3.63) is 71.1 Å². The van der Waals surface area contributed by atoms with Gasteiger partial charge in [-0.3, -0.25) is 9.12 Å². The van der Waals surface area contributed by atoms with Crippen LogP contribution in [0.4, 0.5) is 5.82 Å². The van der Waals surface area contributed by atoms with Crippen LogP contribution in [0, 0.1) is 6.92 Å². The van der Waals surface area contributed by atoms with Gasteiger partial charge >= 0.3 is 0 Å². The van der Waals surface area contributed by atoms with Gasteiger partial charge in [0.1, 0.15) is 6.61 Å². The number of benzene rings is 2. The summed E-state index contributed by atoms with van der Waals surface area (Å²) in [5.41, 5.74) is 1.67. The summed E-state index contributed by atoms with van der Waals surface area (Å²) in [7, 11) is -0.903. The highest BCUT2D eigenvalue weighted by Crippen LogP contribution is 2.31. The number of nitrogens with zero attached hydrogens (tertiary/aromatic N) is 3. The molecule has 11 heteroatoms. The second kappa shape index (κ2) is 9.16. The quantitative estimate of drug-likeness (QED) is 0.398. The highest BCUT2D eigenvalue weighted by atomic mass is 35.5. The molecule has 0 aliphatic carbocycles. The predicted molar refractivity (Wildman–Crippen MR) is 124 cm³/mol. The number of fused-ring (bicyclic) bond motifs is 1. The van der Waals surface area contributed by atoms with Crippen molar-refractivity contribution in [1.82, 2.24) is 14.4 Å². The minimum atomic E-state index is -4.00. The third-order valence-corrected chi connectivity index (χ3v) is 6.87. The Labute approximate surface area is 196 Å². The monoisotopic (exact) mass is 488 g/mol. The lowest BCUT2D eigenvalue weighted by Gasteiger charge is -2.16. The van der Waals surface area contributed by atoms with Crippen LogP contribution >= 0.6 is 11.6 Å². The van der Waals surface area contributed by atoms with Crippen LogP contribution in [-0.2, 0) is 16.6 Å². The Morgan fingerprint density at radius 1 is 1.09 bits per heavy atom. The van der Waals surface area contributed by atoms with E-state index in [2.05, 4.69) is 14.7 Å². The van der Waals surface area contributed by atoms with Gasteiger partial charge in [0, 0.05) is 17.4 Å². The van der Waals surface area contributed by atoms with Gasteiger partial charge in [0.05, 0.1) is 25.3 Å². The molecule has 0 unspecified atom stereocenters. The SMILES string of the molecule is COc1ccc(COc2ncc3nccn3c2NS(=O)(=O)c2cccc(Cl)c2C)cc1OC. The summed E-state index contributed by atoms with van der Waals surface area (Å²) in [6, 6.07) is 10.0. The molecule has 4 aromatic rings. The first-order valence-electron chi connectivity index (χ1n) is 9.77. The molecule has 0 amide bonds. The van der Waals surface area contributed by atoms with E-state index in [1.807, 2.05) is 6.07 Å². The summed E-state index contributed by atoms with van der Waals surface area (Å²) in [5, 5.41) is 0.349. The zero-order chi connectivity index (χ0) is 23.6. The number of halogens is 1. The number of methoxy groups -OCH3 is 2. The lowest BCUT2D eigenvalue weighted by Crippen LogP contribution is -2.18. The maximum atomic E-state index is 13.2. The Bertz CT molecular complexity index is 1420. The van der Waals surface area contributed by atoms with Crippen LogP contribution in [0.1, 0.15) is 11.1 Å². The van der Waals surface area contributed by atoms with Crippen LogP contribution in [0.15, 0.2) is 59.9 Å². The van der Waals surface area contributed by atoms with Gasteiger partial charge < -0.3 is 14.2 Å². The Hall–Kier alpha value is -3.50. The molecule has 0 fully saturated rings. The van der Waals surface area contributed by atoms with Crippen molar-refractivity contribution < 1.29 is 22.6 Å². The van der Waals surface area contributed by atoms with E-state index in [0.717, 1.165) is 5.56 Å². The molecule has 9 nitrogen and oxygen atoms in total. The Morgan fingerprint density at radius 3 is 2.64 bits per heavy atom. The highest BCUT2D eigenvalue weighted by Gasteiger charge is 2.23. The van der Waals surface area contributed by atoms with E-state index < -0.39 is 10.0 Å². The maximum Gasteiger partial charge on any atom is 0.263 e. The zero-order valence-corrected chi connectivity index (χ0v) is 19.6. The van der Waals surface area contributed by atoms with Crippen LogP contribution in [-0.4, -0.2) is 37.0 Å². The van der Waals surface area contributed by atoms with Crippen LogP contribution in [0.2, 0.25) is 5.02 Å². The fourth-order valence-corrected chi connectivity index (χ4v) is 4.81. The predicted octanol–water partition coefficient (Wildman–Crippen LogP) is 4.09. The number of hydrogen-bond donors (Lipinski definition) is 1. The largest absolute Gasteiger partial charge is 0.493 e. The minimum absolute atomic E-state index is 0.0537. The molecule has 2 heterocycles. The lowest BCUT2D eigenvalue weighted by molar-refractivity contribution is 0.292.